The van der Waals surface area contributed by atoms with E-state index in [1.54, 1.807) is 13.8 Å². The van der Waals surface area contributed by atoms with Crippen LogP contribution in [-0.2, 0) is 19.6 Å². The van der Waals surface area contributed by atoms with E-state index < -0.39 is 27.4 Å². The summed E-state index contributed by atoms with van der Waals surface area (Å²) in [5.41, 5.74) is -0.258. The van der Waals surface area contributed by atoms with Gasteiger partial charge in [-0.25, -0.2) is 8.42 Å². The van der Waals surface area contributed by atoms with Crippen LogP contribution in [0, 0.1) is 0 Å². The van der Waals surface area contributed by atoms with Gasteiger partial charge in [-0.15, -0.1) is 0 Å². The molecule has 1 saturated heterocycles. The standard InChI is InChI=1S/C17H25N3O6S/c1-17(2,11-21)19-16(23)15(22)18-12-6-7-13(14(10-12)26-3)20-8-4-5-9-27(20,24)25/h6-7,10,21H,4-5,8-9,11H2,1-3H3,(H,18,22)(H,19,23). The van der Waals surface area contributed by atoms with E-state index in [9.17, 15) is 18.0 Å². The van der Waals surface area contributed by atoms with Gasteiger partial charge in [0.2, 0.25) is 10.0 Å². The van der Waals surface area contributed by atoms with Crippen molar-refractivity contribution in [2.24, 2.45) is 0 Å². The minimum absolute atomic E-state index is 0.0788. The Hall–Kier alpha value is -2.33. The Kier molecular flexibility index (Phi) is 6.32. The summed E-state index contributed by atoms with van der Waals surface area (Å²) in [5.74, 6) is -1.45. The van der Waals surface area contributed by atoms with E-state index in [1.165, 1.54) is 29.6 Å². The molecule has 0 atom stereocenters. The first-order valence-corrected chi connectivity index (χ1v) is 10.1. The zero-order valence-electron chi connectivity index (χ0n) is 15.6. The molecule has 0 radical (unpaired) electrons. The number of methoxy groups -OCH3 is 1. The summed E-state index contributed by atoms with van der Waals surface area (Å²) >= 11 is 0. The quantitative estimate of drug-likeness (QED) is 0.618. The molecule has 10 heteroatoms. The number of aliphatic hydroxyl groups excluding tert-OH is 1. The first-order valence-electron chi connectivity index (χ1n) is 8.52. The molecule has 2 amide bonds. The molecule has 1 aliphatic rings. The zero-order valence-corrected chi connectivity index (χ0v) is 16.4. The molecule has 1 aliphatic heterocycles. The second-order valence-electron chi connectivity index (χ2n) is 6.93. The minimum Gasteiger partial charge on any atom is -0.494 e. The van der Waals surface area contributed by atoms with Crippen LogP contribution < -0.4 is 19.7 Å². The van der Waals surface area contributed by atoms with E-state index in [-0.39, 0.29) is 23.8 Å². The van der Waals surface area contributed by atoms with Crippen molar-refractivity contribution < 1.29 is 27.9 Å². The van der Waals surface area contributed by atoms with E-state index in [0.29, 0.717) is 18.7 Å². The summed E-state index contributed by atoms with van der Waals surface area (Å²) in [7, 11) is -2.00. The van der Waals surface area contributed by atoms with Crippen LogP contribution in [-0.4, -0.2) is 56.9 Å². The van der Waals surface area contributed by atoms with Crippen LogP contribution in [0.4, 0.5) is 11.4 Å². The molecular formula is C17H25N3O6S. The maximum Gasteiger partial charge on any atom is 0.313 e. The summed E-state index contributed by atoms with van der Waals surface area (Å²) in [6.45, 7) is 3.20. The average molecular weight is 399 g/mol. The summed E-state index contributed by atoms with van der Waals surface area (Å²) in [4.78, 5) is 24.0. The average Bonchev–Trinajstić information content (AvgIpc) is 2.61. The van der Waals surface area contributed by atoms with Gasteiger partial charge in [0.15, 0.2) is 0 Å². The molecular weight excluding hydrogens is 374 g/mol. The SMILES string of the molecule is COc1cc(NC(=O)C(=O)NC(C)(C)CO)ccc1N1CCCCS1(=O)=O. The van der Waals surface area contributed by atoms with Crippen LogP contribution in [0.3, 0.4) is 0 Å². The lowest BCUT2D eigenvalue weighted by molar-refractivity contribution is -0.137. The van der Waals surface area contributed by atoms with Crippen molar-refractivity contribution in [3.8, 4) is 5.75 Å². The van der Waals surface area contributed by atoms with Gasteiger partial charge in [-0.3, -0.25) is 13.9 Å². The molecule has 0 aliphatic carbocycles. The van der Waals surface area contributed by atoms with E-state index in [2.05, 4.69) is 10.6 Å². The van der Waals surface area contributed by atoms with Crippen molar-refractivity contribution in [2.45, 2.75) is 32.2 Å². The van der Waals surface area contributed by atoms with Gasteiger partial charge >= 0.3 is 11.8 Å². The third-order valence-corrected chi connectivity index (χ3v) is 5.96. The maximum atomic E-state index is 12.3. The lowest BCUT2D eigenvalue weighted by Gasteiger charge is -2.29. The Labute approximate surface area is 158 Å². The number of carbonyl (C=O) groups excluding carboxylic acids is 2. The molecule has 3 N–H and O–H groups in total. The molecule has 0 saturated carbocycles. The molecule has 0 spiro atoms. The summed E-state index contributed by atoms with van der Waals surface area (Å²) < 4.78 is 31.2. The largest absolute Gasteiger partial charge is 0.494 e. The molecule has 2 rings (SSSR count). The van der Waals surface area contributed by atoms with Crippen molar-refractivity contribution in [3.05, 3.63) is 18.2 Å². The number of anilines is 2. The molecule has 0 aromatic heterocycles. The molecule has 9 nitrogen and oxygen atoms in total. The van der Waals surface area contributed by atoms with Crippen LogP contribution in [0.5, 0.6) is 5.75 Å². The van der Waals surface area contributed by atoms with Crippen molar-refractivity contribution >= 4 is 33.2 Å². The van der Waals surface area contributed by atoms with Gasteiger partial charge in [-0.2, -0.15) is 0 Å². The highest BCUT2D eigenvalue weighted by Gasteiger charge is 2.29. The second-order valence-corrected chi connectivity index (χ2v) is 8.94. The monoisotopic (exact) mass is 399 g/mol. The van der Waals surface area contributed by atoms with E-state index in [0.717, 1.165) is 6.42 Å². The Morgan fingerprint density at radius 2 is 1.96 bits per heavy atom. The van der Waals surface area contributed by atoms with Gasteiger partial charge in [0.25, 0.3) is 0 Å². The van der Waals surface area contributed by atoms with Crippen molar-refractivity contribution in [2.75, 3.05) is 35.6 Å². The third-order valence-electron chi connectivity index (χ3n) is 4.11. The first-order chi connectivity index (χ1) is 12.6. The number of benzene rings is 1. The van der Waals surface area contributed by atoms with Gasteiger partial charge in [0.05, 0.1) is 30.7 Å². The first kappa shape index (κ1) is 21.0. The van der Waals surface area contributed by atoms with E-state index in [1.807, 2.05) is 0 Å². The molecule has 1 heterocycles. The fraction of sp³-hybridized carbons (Fsp3) is 0.529. The predicted octanol–water partition coefficient (Wildman–Crippen LogP) is 0.451. The summed E-state index contributed by atoms with van der Waals surface area (Å²) in [6, 6.07) is 4.50. The van der Waals surface area contributed by atoms with Crippen LogP contribution in [0.1, 0.15) is 26.7 Å². The number of sulfonamides is 1. The Bertz CT molecular complexity index is 822. The van der Waals surface area contributed by atoms with Crippen molar-refractivity contribution in [1.82, 2.24) is 5.32 Å². The summed E-state index contributed by atoms with van der Waals surface area (Å²) in [5, 5.41) is 14.0. The van der Waals surface area contributed by atoms with Crippen LogP contribution >= 0.6 is 0 Å². The smallest absolute Gasteiger partial charge is 0.313 e. The number of carbonyl (C=O) groups is 2. The van der Waals surface area contributed by atoms with Crippen LogP contribution in [0.15, 0.2) is 18.2 Å². The Morgan fingerprint density at radius 3 is 2.56 bits per heavy atom. The molecule has 150 valence electrons. The molecule has 1 aromatic rings. The number of hydrogen-bond acceptors (Lipinski definition) is 6. The Balaban J connectivity index is 2.18. The van der Waals surface area contributed by atoms with E-state index in [4.69, 9.17) is 9.84 Å². The van der Waals surface area contributed by atoms with Crippen molar-refractivity contribution in [3.63, 3.8) is 0 Å². The van der Waals surface area contributed by atoms with Gasteiger partial charge < -0.3 is 20.5 Å². The number of hydrogen-bond donors (Lipinski definition) is 3. The van der Waals surface area contributed by atoms with Gasteiger partial charge in [-0.05, 0) is 38.8 Å². The third kappa shape index (κ3) is 5.10. The molecule has 0 bridgehead atoms. The maximum absolute atomic E-state index is 12.3. The predicted molar refractivity (Wildman–Crippen MR) is 101 cm³/mol. The topological polar surface area (TPSA) is 125 Å². The lowest BCUT2D eigenvalue weighted by atomic mass is 10.1. The lowest BCUT2D eigenvalue weighted by Crippen LogP contribution is -2.50. The number of ether oxygens (including phenoxy) is 1. The second kappa shape index (κ2) is 8.13. The molecule has 0 unspecified atom stereocenters. The normalized spacial score (nSPS) is 16.5. The van der Waals surface area contributed by atoms with Crippen LogP contribution in [0.25, 0.3) is 0 Å². The minimum atomic E-state index is -3.40. The molecule has 1 fully saturated rings. The molecule has 1 aromatic carbocycles. The number of aliphatic hydroxyl groups is 1. The number of nitrogens with one attached hydrogen (secondary N) is 2. The highest BCUT2D eigenvalue weighted by molar-refractivity contribution is 7.92. The summed E-state index contributed by atoms with van der Waals surface area (Å²) in [6.07, 6.45) is 1.37. The van der Waals surface area contributed by atoms with Gasteiger partial charge in [-0.1, -0.05) is 0 Å². The van der Waals surface area contributed by atoms with Crippen molar-refractivity contribution in [1.29, 1.82) is 0 Å². The Morgan fingerprint density at radius 1 is 1.26 bits per heavy atom. The number of nitrogens with zero attached hydrogens (tertiary/aromatic N) is 1. The highest BCUT2D eigenvalue weighted by atomic mass is 32.2. The van der Waals surface area contributed by atoms with Gasteiger partial charge in [0, 0.05) is 18.3 Å². The van der Waals surface area contributed by atoms with E-state index >= 15 is 0 Å². The van der Waals surface area contributed by atoms with Crippen LogP contribution in [0.2, 0.25) is 0 Å². The fourth-order valence-corrected chi connectivity index (χ4v) is 4.26. The zero-order chi connectivity index (χ0) is 20.2. The number of rotatable bonds is 5. The van der Waals surface area contributed by atoms with Gasteiger partial charge in [0.1, 0.15) is 5.75 Å². The number of amides is 2. The fourth-order valence-electron chi connectivity index (χ4n) is 2.61. The molecule has 27 heavy (non-hydrogen) atoms. The highest BCUT2D eigenvalue weighted by Crippen LogP contribution is 2.34.